The number of rotatable bonds is 3. The summed E-state index contributed by atoms with van der Waals surface area (Å²) in [6, 6.07) is 10.7. The van der Waals surface area contributed by atoms with Gasteiger partial charge < -0.3 is 5.32 Å². The Hall–Kier alpha value is -1.46. The van der Waals surface area contributed by atoms with E-state index in [1.165, 1.54) is 6.07 Å². The molecule has 0 saturated carbocycles. The summed E-state index contributed by atoms with van der Waals surface area (Å²) in [4.78, 5) is 4.15. The molecule has 0 aliphatic heterocycles. The van der Waals surface area contributed by atoms with Gasteiger partial charge >= 0.3 is 0 Å². The van der Waals surface area contributed by atoms with E-state index in [0.717, 1.165) is 11.4 Å². The SMILES string of the molecule is Cc1cc(Nc2nc(Cl)c(Cl)cc2Cl)n(-c2ccc(Cl)cc2)n1. The molecule has 0 aliphatic rings. The number of hydrogen-bond acceptors (Lipinski definition) is 3. The standard InChI is InChI=1S/C15H10Cl4N4/c1-8-6-13(20-15-12(18)7-11(17)14(19)21-15)23(22-8)10-4-2-9(16)3-5-10/h2-7H,1H3,(H,20,21). The van der Waals surface area contributed by atoms with E-state index in [9.17, 15) is 0 Å². The molecule has 0 atom stereocenters. The van der Waals surface area contributed by atoms with E-state index in [4.69, 9.17) is 46.4 Å². The number of pyridine rings is 1. The molecule has 0 amide bonds. The molecule has 118 valence electrons. The van der Waals surface area contributed by atoms with Crippen LogP contribution in [0.25, 0.3) is 5.69 Å². The fraction of sp³-hybridized carbons (Fsp3) is 0.0667. The van der Waals surface area contributed by atoms with Gasteiger partial charge in [0.2, 0.25) is 0 Å². The molecule has 2 aromatic heterocycles. The van der Waals surface area contributed by atoms with Gasteiger partial charge in [-0.05, 0) is 37.3 Å². The molecule has 0 radical (unpaired) electrons. The van der Waals surface area contributed by atoms with Gasteiger partial charge in [0.15, 0.2) is 5.82 Å². The highest BCUT2D eigenvalue weighted by Crippen LogP contribution is 2.31. The zero-order chi connectivity index (χ0) is 16.6. The van der Waals surface area contributed by atoms with E-state index in [-0.39, 0.29) is 5.15 Å². The Labute approximate surface area is 153 Å². The second-order valence-electron chi connectivity index (χ2n) is 4.78. The first-order valence-electron chi connectivity index (χ1n) is 6.55. The van der Waals surface area contributed by atoms with Crippen molar-refractivity contribution in [3.63, 3.8) is 0 Å². The van der Waals surface area contributed by atoms with Crippen LogP contribution < -0.4 is 5.32 Å². The van der Waals surface area contributed by atoms with Crippen LogP contribution in [0.1, 0.15) is 5.69 Å². The summed E-state index contributed by atoms with van der Waals surface area (Å²) in [6.45, 7) is 1.89. The largest absolute Gasteiger partial charge is 0.324 e. The maximum atomic E-state index is 6.16. The summed E-state index contributed by atoms with van der Waals surface area (Å²) in [5.41, 5.74) is 1.68. The maximum Gasteiger partial charge on any atom is 0.152 e. The van der Waals surface area contributed by atoms with Crippen LogP contribution in [0.15, 0.2) is 36.4 Å². The molecular formula is C15H10Cl4N4. The Morgan fingerprint density at radius 2 is 1.65 bits per heavy atom. The first kappa shape index (κ1) is 16.4. The topological polar surface area (TPSA) is 42.7 Å². The van der Waals surface area contributed by atoms with Crippen LogP contribution >= 0.6 is 46.4 Å². The van der Waals surface area contributed by atoms with Crippen molar-refractivity contribution in [3.8, 4) is 5.69 Å². The van der Waals surface area contributed by atoms with E-state index in [1.807, 2.05) is 25.1 Å². The molecule has 0 bridgehead atoms. The van der Waals surface area contributed by atoms with E-state index in [2.05, 4.69) is 15.4 Å². The van der Waals surface area contributed by atoms with Crippen molar-refractivity contribution in [3.05, 3.63) is 62.3 Å². The van der Waals surface area contributed by atoms with Crippen molar-refractivity contribution in [2.75, 3.05) is 5.32 Å². The first-order valence-corrected chi connectivity index (χ1v) is 8.06. The summed E-state index contributed by atoms with van der Waals surface area (Å²) in [6.07, 6.45) is 0. The molecule has 23 heavy (non-hydrogen) atoms. The molecule has 1 N–H and O–H groups in total. The lowest BCUT2D eigenvalue weighted by molar-refractivity contribution is 0.868. The van der Waals surface area contributed by atoms with Gasteiger partial charge in [-0.3, -0.25) is 0 Å². The summed E-state index contributed by atoms with van der Waals surface area (Å²) in [5, 5.41) is 9.07. The quantitative estimate of drug-likeness (QED) is 0.566. The molecular weight excluding hydrogens is 378 g/mol. The fourth-order valence-electron chi connectivity index (χ4n) is 2.02. The highest BCUT2D eigenvalue weighted by atomic mass is 35.5. The lowest BCUT2D eigenvalue weighted by Gasteiger charge is -2.11. The van der Waals surface area contributed by atoms with Gasteiger partial charge in [-0.1, -0.05) is 46.4 Å². The smallest absolute Gasteiger partial charge is 0.152 e. The van der Waals surface area contributed by atoms with Gasteiger partial charge in [0.1, 0.15) is 11.0 Å². The average Bonchev–Trinajstić information content (AvgIpc) is 2.86. The molecule has 3 aromatic rings. The van der Waals surface area contributed by atoms with Crippen LogP contribution in [0.4, 0.5) is 11.6 Å². The third-order valence-corrected chi connectivity index (χ3v) is 4.25. The fourth-order valence-corrected chi connectivity index (χ4v) is 2.69. The molecule has 4 nitrogen and oxygen atoms in total. The lowest BCUT2D eigenvalue weighted by Crippen LogP contribution is -2.04. The molecule has 0 saturated heterocycles. The Bertz CT molecular complexity index is 859. The maximum absolute atomic E-state index is 6.16. The van der Waals surface area contributed by atoms with Crippen LogP contribution in [-0.2, 0) is 0 Å². The van der Waals surface area contributed by atoms with E-state index in [1.54, 1.807) is 16.8 Å². The van der Waals surface area contributed by atoms with Crippen molar-refractivity contribution in [2.45, 2.75) is 6.92 Å². The molecule has 1 aromatic carbocycles. The summed E-state index contributed by atoms with van der Waals surface area (Å²) < 4.78 is 1.73. The Morgan fingerprint density at radius 3 is 2.35 bits per heavy atom. The minimum atomic E-state index is 0.174. The van der Waals surface area contributed by atoms with Crippen molar-refractivity contribution < 1.29 is 0 Å². The van der Waals surface area contributed by atoms with E-state index >= 15 is 0 Å². The number of benzene rings is 1. The number of nitrogens with one attached hydrogen (secondary N) is 1. The van der Waals surface area contributed by atoms with Crippen molar-refractivity contribution in [1.82, 2.24) is 14.8 Å². The number of hydrogen-bond donors (Lipinski definition) is 1. The number of aromatic nitrogens is 3. The van der Waals surface area contributed by atoms with Crippen LogP contribution in [0.3, 0.4) is 0 Å². The zero-order valence-corrected chi connectivity index (χ0v) is 14.8. The Balaban J connectivity index is 2.01. The van der Waals surface area contributed by atoms with Crippen LogP contribution in [0.2, 0.25) is 20.2 Å². The summed E-state index contributed by atoms with van der Waals surface area (Å²) in [7, 11) is 0. The van der Waals surface area contributed by atoms with Gasteiger partial charge in [-0.2, -0.15) is 5.10 Å². The van der Waals surface area contributed by atoms with Gasteiger partial charge in [0.05, 0.1) is 21.4 Å². The third-order valence-electron chi connectivity index (χ3n) is 3.04. The predicted molar refractivity (Wildman–Crippen MR) is 95.9 cm³/mol. The van der Waals surface area contributed by atoms with Crippen molar-refractivity contribution in [1.29, 1.82) is 0 Å². The average molecular weight is 388 g/mol. The Morgan fingerprint density at radius 1 is 0.957 bits per heavy atom. The highest BCUT2D eigenvalue weighted by Gasteiger charge is 2.12. The molecule has 2 heterocycles. The summed E-state index contributed by atoms with van der Waals surface area (Å²) >= 11 is 23.9. The molecule has 0 spiro atoms. The molecule has 0 aliphatic carbocycles. The monoisotopic (exact) mass is 386 g/mol. The highest BCUT2D eigenvalue weighted by molar-refractivity contribution is 6.43. The zero-order valence-electron chi connectivity index (χ0n) is 11.8. The minimum absolute atomic E-state index is 0.174. The molecule has 8 heteroatoms. The van der Waals surface area contributed by atoms with Gasteiger partial charge in [-0.25, -0.2) is 9.67 Å². The number of nitrogens with zero attached hydrogens (tertiary/aromatic N) is 3. The number of halogens is 4. The van der Waals surface area contributed by atoms with Gasteiger partial charge in [-0.15, -0.1) is 0 Å². The van der Waals surface area contributed by atoms with Crippen molar-refractivity contribution >= 4 is 58.0 Å². The molecule has 3 rings (SSSR count). The minimum Gasteiger partial charge on any atom is -0.324 e. The lowest BCUT2D eigenvalue weighted by atomic mass is 10.3. The van der Waals surface area contributed by atoms with Gasteiger partial charge in [0.25, 0.3) is 0 Å². The van der Waals surface area contributed by atoms with Crippen molar-refractivity contribution in [2.24, 2.45) is 0 Å². The summed E-state index contributed by atoms with van der Waals surface area (Å²) in [5.74, 6) is 1.09. The number of aryl methyl sites for hydroxylation is 1. The van der Waals surface area contributed by atoms with E-state index in [0.29, 0.717) is 26.7 Å². The number of anilines is 2. The predicted octanol–water partition coefficient (Wildman–Crippen LogP) is 5.93. The molecule has 0 fully saturated rings. The third kappa shape index (κ3) is 3.56. The normalized spacial score (nSPS) is 10.8. The van der Waals surface area contributed by atoms with Gasteiger partial charge in [0, 0.05) is 11.1 Å². The first-order chi connectivity index (χ1) is 10.9. The van der Waals surface area contributed by atoms with Crippen LogP contribution in [0.5, 0.6) is 0 Å². The second-order valence-corrected chi connectivity index (χ2v) is 6.38. The van der Waals surface area contributed by atoms with E-state index < -0.39 is 0 Å². The Kier molecular flexibility index (Phi) is 4.69. The van der Waals surface area contributed by atoms with Crippen LogP contribution in [0, 0.1) is 6.92 Å². The molecule has 0 unspecified atom stereocenters. The second kappa shape index (κ2) is 6.57. The van der Waals surface area contributed by atoms with Crippen LogP contribution in [-0.4, -0.2) is 14.8 Å².